The standard InChI is InChI=1S/C19H16F6N4O3/c20-11-3-13(22)12(21)2-10(11)16-14(28-18(30)31)1-9(7-32-16)29-5-8-4-26-17(19(23,24)25)27-15(8)6-29/h2-4,9,14,16,28H,1,5-7H2,(H,30,31)/t9-,14+,16-/m1/s1. The van der Waals surface area contributed by atoms with Gasteiger partial charge < -0.3 is 15.2 Å². The summed E-state index contributed by atoms with van der Waals surface area (Å²) >= 11 is 0. The van der Waals surface area contributed by atoms with E-state index in [9.17, 15) is 31.1 Å². The summed E-state index contributed by atoms with van der Waals surface area (Å²) in [5.74, 6) is -5.04. The van der Waals surface area contributed by atoms with Crippen molar-refractivity contribution >= 4 is 6.09 Å². The van der Waals surface area contributed by atoms with E-state index in [1.165, 1.54) is 0 Å². The molecule has 0 aliphatic carbocycles. The van der Waals surface area contributed by atoms with Crippen LogP contribution in [0.15, 0.2) is 18.3 Å². The van der Waals surface area contributed by atoms with E-state index in [-0.39, 0.29) is 37.4 Å². The molecule has 2 aliphatic rings. The lowest BCUT2D eigenvalue weighted by Crippen LogP contribution is -2.51. The fourth-order valence-corrected chi connectivity index (χ4v) is 4.00. The minimum Gasteiger partial charge on any atom is -0.465 e. The minimum absolute atomic E-state index is 0.0472. The lowest BCUT2D eigenvalue weighted by atomic mass is 9.92. The zero-order valence-electron chi connectivity index (χ0n) is 16.2. The van der Waals surface area contributed by atoms with Crippen LogP contribution in [0, 0.1) is 17.5 Å². The Labute approximate surface area is 177 Å². The number of hydrogen-bond donors (Lipinski definition) is 2. The summed E-state index contributed by atoms with van der Waals surface area (Å²) in [5, 5.41) is 11.4. The fraction of sp³-hybridized carbons (Fsp3) is 0.421. The zero-order chi connectivity index (χ0) is 23.2. The second kappa shape index (κ2) is 8.20. The van der Waals surface area contributed by atoms with Gasteiger partial charge in [0.05, 0.1) is 18.3 Å². The van der Waals surface area contributed by atoms with Gasteiger partial charge in [-0.3, -0.25) is 4.90 Å². The Hall–Kier alpha value is -2.93. The number of rotatable bonds is 3. The van der Waals surface area contributed by atoms with Gasteiger partial charge in [0.1, 0.15) is 11.9 Å². The number of ether oxygens (including phenoxy) is 1. The number of hydrogen-bond acceptors (Lipinski definition) is 5. The minimum atomic E-state index is -4.69. The number of benzene rings is 1. The molecule has 2 aromatic rings. The number of amides is 1. The highest BCUT2D eigenvalue weighted by atomic mass is 19.4. The molecule has 32 heavy (non-hydrogen) atoms. The Balaban J connectivity index is 1.53. The molecule has 4 rings (SSSR count). The molecule has 3 atom stereocenters. The number of nitrogens with zero attached hydrogens (tertiary/aromatic N) is 3. The van der Waals surface area contributed by atoms with Crippen LogP contribution in [-0.4, -0.2) is 44.8 Å². The van der Waals surface area contributed by atoms with Crippen LogP contribution in [0.1, 0.15) is 35.2 Å². The molecule has 1 fully saturated rings. The first-order valence-electron chi connectivity index (χ1n) is 9.44. The number of aromatic nitrogens is 2. The van der Waals surface area contributed by atoms with Crippen molar-refractivity contribution in [3.8, 4) is 0 Å². The Morgan fingerprint density at radius 2 is 1.88 bits per heavy atom. The van der Waals surface area contributed by atoms with Crippen LogP contribution in [0.4, 0.5) is 31.1 Å². The third kappa shape index (κ3) is 4.35. The van der Waals surface area contributed by atoms with Crippen molar-refractivity contribution in [3.63, 3.8) is 0 Å². The van der Waals surface area contributed by atoms with Gasteiger partial charge in [-0.05, 0) is 12.5 Å². The van der Waals surface area contributed by atoms with Gasteiger partial charge >= 0.3 is 12.3 Å². The number of alkyl halides is 3. The van der Waals surface area contributed by atoms with E-state index in [0.29, 0.717) is 17.7 Å². The van der Waals surface area contributed by atoms with Gasteiger partial charge in [0, 0.05) is 42.5 Å². The fourth-order valence-electron chi connectivity index (χ4n) is 4.00. The van der Waals surface area contributed by atoms with Crippen LogP contribution >= 0.6 is 0 Å². The number of carbonyl (C=O) groups is 1. The molecule has 1 aromatic heterocycles. The van der Waals surface area contributed by atoms with Crippen molar-refractivity contribution < 1.29 is 41.0 Å². The Morgan fingerprint density at radius 3 is 2.56 bits per heavy atom. The Kier molecular flexibility index (Phi) is 5.71. The largest absolute Gasteiger partial charge is 0.465 e. The van der Waals surface area contributed by atoms with Crippen LogP contribution in [0.5, 0.6) is 0 Å². The molecule has 1 aromatic carbocycles. The monoisotopic (exact) mass is 462 g/mol. The van der Waals surface area contributed by atoms with Gasteiger partial charge in [0.25, 0.3) is 0 Å². The maximum atomic E-state index is 14.3. The maximum Gasteiger partial charge on any atom is 0.451 e. The SMILES string of the molecule is O=C(O)N[C@H]1C[C@@H](N2Cc3cnc(C(F)(F)F)nc3C2)CO[C@@H]1c1cc(F)c(F)cc1F. The highest BCUT2D eigenvalue weighted by Crippen LogP contribution is 2.36. The molecule has 0 radical (unpaired) electrons. The molecule has 1 amide bonds. The van der Waals surface area contributed by atoms with E-state index < -0.39 is 53.7 Å². The van der Waals surface area contributed by atoms with Crippen LogP contribution in [0.3, 0.4) is 0 Å². The third-order valence-corrected chi connectivity index (χ3v) is 5.47. The average molecular weight is 462 g/mol. The average Bonchev–Trinajstić information content (AvgIpc) is 3.13. The first-order valence-corrected chi connectivity index (χ1v) is 9.44. The summed E-state index contributed by atoms with van der Waals surface area (Å²) in [6.07, 6.45) is -6.16. The first-order chi connectivity index (χ1) is 15.0. The zero-order valence-corrected chi connectivity index (χ0v) is 16.2. The molecular formula is C19H16F6N4O3. The molecule has 172 valence electrons. The van der Waals surface area contributed by atoms with E-state index in [4.69, 9.17) is 9.84 Å². The van der Waals surface area contributed by atoms with Crippen LogP contribution in [0.2, 0.25) is 0 Å². The third-order valence-electron chi connectivity index (χ3n) is 5.47. The summed E-state index contributed by atoms with van der Waals surface area (Å²) in [6.45, 7) is 0.221. The van der Waals surface area contributed by atoms with Crippen molar-refractivity contribution in [2.45, 2.75) is 43.9 Å². The van der Waals surface area contributed by atoms with Crippen LogP contribution in [0.25, 0.3) is 0 Å². The van der Waals surface area contributed by atoms with Crippen molar-refractivity contribution in [3.05, 3.63) is 58.4 Å². The van der Waals surface area contributed by atoms with Gasteiger partial charge in [-0.2, -0.15) is 13.2 Å². The molecule has 2 N–H and O–H groups in total. The summed E-state index contributed by atoms with van der Waals surface area (Å²) < 4.78 is 85.4. The van der Waals surface area contributed by atoms with E-state index in [1.54, 1.807) is 4.90 Å². The lowest BCUT2D eigenvalue weighted by molar-refractivity contribution is -0.145. The van der Waals surface area contributed by atoms with Gasteiger partial charge in [-0.25, -0.2) is 27.9 Å². The topological polar surface area (TPSA) is 87.6 Å². The molecule has 13 heteroatoms. The summed E-state index contributed by atoms with van der Waals surface area (Å²) in [6, 6.07) is -0.510. The van der Waals surface area contributed by atoms with Crippen molar-refractivity contribution in [2.75, 3.05) is 6.61 Å². The van der Waals surface area contributed by atoms with E-state index in [0.717, 1.165) is 6.20 Å². The Bertz CT molecular complexity index is 1050. The Morgan fingerprint density at radius 1 is 1.16 bits per heavy atom. The summed E-state index contributed by atoms with van der Waals surface area (Å²) in [5.41, 5.74) is 0.352. The van der Waals surface area contributed by atoms with Gasteiger partial charge in [0.2, 0.25) is 5.82 Å². The second-order valence-corrected chi connectivity index (χ2v) is 7.56. The van der Waals surface area contributed by atoms with E-state index in [2.05, 4.69) is 15.3 Å². The van der Waals surface area contributed by atoms with Crippen LogP contribution in [-0.2, 0) is 24.0 Å². The predicted octanol–water partition coefficient (Wildman–Crippen LogP) is 3.39. The number of halogens is 6. The molecule has 1 saturated heterocycles. The second-order valence-electron chi connectivity index (χ2n) is 7.56. The van der Waals surface area contributed by atoms with E-state index >= 15 is 0 Å². The maximum absolute atomic E-state index is 14.3. The number of nitrogens with one attached hydrogen (secondary N) is 1. The molecule has 0 bridgehead atoms. The van der Waals surface area contributed by atoms with Gasteiger partial charge in [-0.15, -0.1) is 0 Å². The smallest absolute Gasteiger partial charge is 0.451 e. The molecule has 7 nitrogen and oxygen atoms in total. The highest BCUT2D eigenvalue weighted by Gasteiger charge is 2.41. The van der Waals surface area contributed by atoms with E-state index in [1.807, 2.05) is 0 Å². The molecule has 0 unspecified atom stereocenters. The predicted molar refractivity (Wildman–Crippen MR) is 94.6 cm³/mol. The lowest BCUT2D eigenvalue weighted by Gasteiger charge is -2.40. The molecule has 0 spiro atoms. The summed E-state index contributed by atoms with van der Waals surface area (Å²) in [4.78, 5) is 19.9. The molecular weight excluding hydrogens is 446 g/mol. The quantitative estimate of drug-likeness (QED) is 0.537. The number of fused-ring (bicyclic) bond motifs is 1. The van der Waals surface area contributed by atoms with Crippen molar-refractivity contribution in [2.24, 2.45) is 0 Å². The van der Waals surface area contributed by atoms with Crippen molar-refractivity contribution in [1.82, 2.24) is 20.2 Å². The molecule has 2 aliphatic heterocycles. The summed E-state index contributed by atoms with van der Waals surface area (Å²) in [7, 11) is 0. The number of carboxylic acid groups (broad SMARTS) is 1. The van der Waals surface area contributed by atoms with Gasteiger partial charge in [-0.1, -0.05) is 0 Å². The van der Waals surface area contributed by atoms with Gasteiger partial charge in [0.15, 0.2) is 11.6 Å². The first kappa shape index (κ1) is 22.3. The molecule has 3 heterocycles. The highest BCUT2D eigenvalue weighted by molar-refractivity contribution is 5.65. The molecule has 0 saturated carbocycles. The van der Waals surface area contributed by atoms with Crippen molar-refractivity contribution in [1.29, 1.82) is 0 Å². The normalized spacial score (nSPS) is 23.8. The van der Waals surface area contributed by atoms with Crippen LogP contribution < -0.4 is 5.32 Å².